The van der Waals surface area contributed by atoms with Crippen molar-refractivity contribution in [2.75, 3.05) is 11.9 Å². The summed E-state index contributed by atoms with van der Waals surface area (Å²) in [6.07, 6.45) is 0. The summed E-state index contributed by atoms with van der Waals surface area (Å²) in [4.78, 5) is 13.0. The van der Waals surface area contributed by atoms with E-state index in [4.69, 9.17) is 16.3 Å². The molecular weight excluding hydrogens is 452 g/mol. The minimum absolute atomic E-state index is 0.127. The van der Waals surface area contributed by atoms with E-state index in [0.717, 1.165) is 11.1 Å². The lowest BCUT2D eigenvalue weighted by Gasteiger charge is -2.10. The largest absolute Gasteiger partial charge is 0.489 e. The Morgan fingerprint density at radius 1 is 1.09 bits per heavy atom. The van der Waals surface area contributed by atoms with Gasteiger partial charge in [-0.2, -0.15) is 10.4 Å². The van der Waals surface area contributed by atoms with Crippen LogP contribution in [0.3, 0.4) is 0 Å². The third kappa shape index (κ3) is 5.44. The molecule has 0 bridgehead atoms. The van der Waals surface area contributed by atoms with Crippen molar-refractivity contribution in [3.63, 3.8) is 0 Å². The van der Waals surface area contributed by atoms with Gasteiger partial charge in [0.05, 0.1) is 30.5 Å². The number of carbonyl (C=O) groups excluding carboxylic acids is 1. The van der Waals surface area contributed by atoms with E-state index in [-0.39, 0.29) is 25.7 Å². The van der Waals surface area contributed by atoms with Gasteiger partial charge >= 0.3 is 0 Å². The number of aliphatic hydroxyl groups is 1. The van der Waals surface area contributed by atoms with Crippen molar-refractivity contribution in [1.29, 1.82) is 5.26 Å². The van der Waals surface area contributed by atoms with Gasteiger partial charge in [-0.3, -0.25) is 4.79 Å². The average molecular weight is 473 g/mol. The van der Waals surface area contributed by atoms with Gasteiger partial charge in [-0.25, -0.2) is 4.68 Å². The number of aliphatic hydroxyl groups excluding tert-OH is 1. The van der Waals surface area contributed by atoms with E-state index in [1.165, 1.54) is 0 Å². The highest BCUT2D eigenvalue weighted by atomic mass is 35.5. The Bertz CT molecular complexity index is 1340. The predicted molar refractivity (Wildman–Crippen MR) is 130 cm³/mol. The highest BCUT2D eigenvalue weighted by molar-refractivity contribution is 6.30. The Balaban J connectivity index is 1.50. The van der Waals surface area contributed by atoms with E-state index < -0.39 is 0 Å². The molecule has 170 valence electrons. The third-order valence-electron chi connectivity index (χ3n) is 5.10. The number of rotatable bonds is 8. The van der Waals surface area contributed by atoms with Crippen LogP contribution in [0.4, 0.5) is 5.82 Å². The molecule has 0 radical (unpaired) electrons. The molecule has 0 unspecified atom stereocenters. The molecule has 1 heterocycles. The zero-order valence-electron chi connectivity index (χ0n) is 18.1. The summed E-state index contributed by atoms with van der Waals surface area (Å²) in [5.41, 5.74) is 3.20. The summed E-state index contributed by atoms with van der Waals surface area (Å²) in [7, 11) is 0. The minimum Gasteiger partial charge on any atom is -0.489 e. The second-order valence-electron chi connectivity index (χ2n) is 7.41. The maximum Gasteiger partial charge on any atom is 0.256 e. The van der Waals surface area contributed by atoms with Crippen LogP contribution < -0.4 is 10.1 Å². The summed E-state index contributed by atoms with van der Waals surface area (Å²) < 4.78 is 7.36. The molecule has 0 atom stereocenters. The first-order valence-corrected chi connectivity index (χ1v) is 10.9. The van der Waals surface area contributed by atoms with Gasteiger partial charge in [0.1, 0.15) is 18.2 Å². The molecule has 0 spiro atoms. The molecule has 4 rings (SSSR count). The van der Waals surface area contributed by atoms with Gasteiger partial charge in [0.25, 0.3) is 5.91 Å². The number of nitrogens with one attached hydrogen (secondary N) is 1. The normalized spacial score (nSPS) is 10.5. The van der Waals surface area contributed by atoms with E-state index in [2.05, 4.69) is 16.5 Å². The predicted octanol–water partition coefficient (Wildman–Crippen LogP) is 4.90. The zero-order chi connectivity index (χ0) is 23.9. The third-order valence-corrected chi connectivity index (χ3v) is 5.35. The number of hydrogen-bond donors (Lipinski definition) is 2. The van der Waals surface area contributed by atoms with Crippen LogP contribution in [0.2, 0.25) is 5.02 Å². The molecule has 0 saturated carbocycles. The van der Waals surface area contributed by atoms with Gasteiger partial charge in [0.2, 0.25) is 0 Å². The van der Waals surface area contributed by atoms with Crippen LogP contribution in [0.1, 0.15) is 21.5 Å². The van der Waals surface area contributed by atoms with Gasteiger partial charge in [0, 0.05) is 27.8 Å². The first-order chi connectivity index (χ1) is 16.6. The number of halogens is 1. The van der Waals surface area contributed by atoms with Crippen molar-refractivity contribution in [3.8, 4) is 23.1 Å². The quantitative estimate of drug-likeness (QED) is 0.380. The second-order valence-corrected chi connectivity index (χ2v) is 7.84. The van der Waals surface area contributed by atoms with E-state index in [0.29, 0.717) is 33.4 Å². The Hall–Kier alpha value is -4.12. The van der Waals surface area contributed by atoms with Crippen molar-refractivity contribution < 1.29 is 14.6 Å². The molecule has 0 aliphatic rings. The van der Waals surface area contributed by atoms with Crippen LogP contribution in [0.15, 0.2) is 78.9 Å². The minimum atomic E-state index is -0.343. The molecule has 0 saturated heterocycles. The summed E-state index contributed by atoms with van der Waals surface area (Å²) in [6, 6.07) is 25.1. The molecule has 7 nitrogen and oxygen atoms in total. The number of hydrogen-bond acceptors (Lipinski definition) is 5. The van der Waals surface area contributed by atoms with E-state index in [1.807, 2.05) is 24.3 Å². The first-order valence-electron chi connectivity index (χ1n) is 10.5. The topological polar surface area (TPSA) is 100 Å². The number of anilines is 1. The number of aromatic nitrogens is 2. The van der Waals surface area contributed by atoms with E-state index >= 15 is 0 Å². The van der Waals surface area contributed by atoms with Gasteiger partial charge in [-0.05, 0) is 36.4 Å². The fourth-order valence-electron chi connectivity index (χ4n) is 3.38. The van der Waals surface area contributed by atoms with E-state index in [9.17, 15) is 15.2 Å². The molecule has 1 aromatic heterocycles. The first kappa shape index (κ1) is 23.1. The molecule has 0 aliphatic carbocycles. The van der Waals surface area contributed by atoms with Crippen LogP contribution in [0.5, 0.6) is 5.75 Å². The SMILES string of the molecule is N#Cc1ccccc1COc1cccc(C(=O)Nc2cc(-c3ccc(Cl)cc3)nn2CCO)c1. The molecular formula is C26H21ClN4O3. The van der Waals surface area contributed by atoms with Crippen LogP contribution in [-0.2, 0) is 13.2 Å². The number of benzene rings is 3. The molecule has 1 amide bonds. The zero-order valence-corrected chi connectivity index (χ0v) is 18.9. The summed E-state index contributed by atoms with van der Waals surface area (Å²) in [5, 5.41) is 26.6. The second kappa shape index (κ2) is 10.7. The van der Waals surface area contributed by atoms with Crippen molar-refractivity contribution in [3.05, 3.63) is 101 Å². The van der Waals surface area contributed by atoms with Gasteiger partial charge in [-0.15, -0.1) is 0 Å². The highest BCUT2D eigenvalue weighted by Crippen LogP contribution is 2.24. The van der Waals surface area contributed by atoms with Crippen molar-refractivity contribution >= 4 is 23.3 Å². The number of nitriles is 1. The standard InChI is InChI=1S/C26H21ClN4O3/c27-22-10-8-18(9-11-22)24-15-25(31(30-24)12-13-32)29-26(33)19-6-3-7-23(14-19)34-17-21-5-2-1-4-20(21)16-28/h1-11,14-15,32H,12-13,17H2,(H,29,33). The van der Waals surface area contributed by atoms with Gasteiger partial charge < -0.3 is 15.2 Å². The molecule has 34 heavy (non-hydrogen) atoms. The Morgan fingerprint density at radius 2 is 1.88 bits per heavy atom. The molecule has 0 aliphatic heterocycles. The fourth-order valence-corrected chi connectivity index (χ4v) is 3.50. The monoisotopic (exact) mass is 472 g/mol. The highest BCUT2D eigenvalue weighted by Gasteiger charge is 2.14. The Kier molecular flexibility index (Phi) is 7.23. The number of amides is 1. The van der Waals surface area contributed by atoms with Gasteiger partial charge in [-0.1, -0.05) is 48.0 Å². The van der Waals surface area contributed by atoms with E-state index in [1.54, 1.807) is 59.3 Å². The maximum absolute atomic E-state index is 13.0. The van der Waals surface area contributed by atoms with Gasteiger partial charge in [0.15, 0.2) is 0 Å². The molecule has 8 heteroatoms. The molecule has 2 N–H and O–H groups in total. The van der Waals surface area contributed by atoms with Crippen molar-refractivity contribution in [1.82, 2.24) is 9.78 Å². The van der Waals surface area contributed by atoms with Crippen LogP contribution >= 0.6 is 11.6 Å². The molecule has 4 aromatic rings. The lowest BCUT2D eigenvalue weighted by Crippen LogP contribution is -2.16. The lowest BCUT2D eigenvalue weighted by molar-refractivity contribution is 0.102. The smallest absolute Gasteiger partial charge is 0.256 e. The molecule has 3 aromatic carbocycles. The van der Waals surface area contributed by atoms with Crippen LogP contribution in [0.25, 0.3) is 11.3 Å². The van der Waals surface area contributed by atoms with Crippen molar-refractivity contribution in [2.24, 2.45) is 0 Å². The fraction of sp³-hybridized carbons (Fsp3) is 0.115. The van der Waals surface area contributed by atoms with Crippen LogP contribution in [0, 0.1) is 11.3 Å². The molecule has 0 fully saturated rings. The Morgan fingerprint density at radius 3 is 2.65 bits per heavy atom. The summed E-state index contributed by atoms with van der Waals surface area (Å²) in [5.74, 6) is 0.619. The lowest BCUT2D eigenvalue weighted by atomic mass is 10.1. The average Bonchev–Trinajstić information content (AvgIpc) is 3.25. The number of nitrogens with zero attached hydrogens (tertiary/aromatic N) is 3. The van der Waals surface area contributed by atoms with Crippen LogP contribution in [-0.4, -0.2) is 27.4 Å². The maximum atomic E-state index is 13.0. The summed E-state index contributed by atoms with van der Waals surface area (Å²) >= 11 is 5.97. The number of carbonyl (C=O) groups is 1. The Labute approximate surface area is 201 Å². The number of ether oxygens (including phenoxy) is 1. The summed E-state index contributed by atoms with van der Waals surface area (Å²) in [6.45, 7) is 0.311. The van der Waals surface area contributed by atoms with Crippen molar-refractivity contribution in [2.45, 2.75) is 13.2 Å².